The van der Waals surface area contributed by atoms with Crippen LogP contribution in [0.2, 0.25) is 0 Å². The normalized spacial score (nSPS) is 23.1. The third kappa shape index (κ3) is 2.78. The van der Waals surface area contributed by atoms with Crippen molar-refractivity contribution >= 4 is 5.90 Å². The van der Waals surface area contributed by atoms with Crippen molar-refractivity contribution in [3.8, 4) is 0 Å². The molecule has 0 bridgehead atoms. The highest BCUT2D eigenvalue weighted by Gasteiger charge is 2.36. The minimum atomic E-state index is -0.854. The Morgan fingerprint density at radius 2 is 2.13 bits per heavy atom. The van der Waals surface area contributed by atoms with Crippen LogP contribution in [0.5, 0.6) is 0 Å². The Labute approximate surface area is 134 Å². The summed E-state index contributed by atoms with van der Waals surface area (Å²) in [5.74, 6) is 0.0500. The molecule has 1 atom stereocenters. The Kier molecular flexibility index (Phi) is 3.67. The molecule has 0 N–H and O–H groups in total. The molecule has 0 spiro atoms. The second-order valence-corrected chi connectivity index (χ2v) is 6.24. The summed E-state index contributed by atoms with van der Waals surface area (Å²) in [4.78, 5) is 9.16. The highest BCUT2D eigenvalue weighted by molar-refractivity contribution is 5.89. The topological polar surface area (TPSA) is 28.1 Å². The van der Waals surface area contributed by atoms with E-state index in [1.807, 2.05) is 6.08 Å². The molecule has 4 nitrogen and oxygen atoms in total. The van der Waals surface area contributed by atoms with Gasteiger partial charge in [0.25, 0.3) is 0 Å². The predicted molar refractivity (Wildman–Crippen MR) is 82.6 cm³/mol. The summed E-state index contributed by atoms with van der Waals surface area (Å²) in [6.07, 6.45) is 5.72. The maximum Gasteiger partial charge on any atom is 0.214 e. The fourth-order valence-corrected chi connectivity index (χ4v) is 3.51. The number of hydrogen-bond donors (Lipinski definition) is 0. The summed E-state index contributed by atoms with van der Waals surface area (Å²) in [5.41, 5.74) is 0.592. The molecule has 3 aliphatic rings. The van der Waals surface area contributed by atoms with Crippen LogP contribution < -0.4 is 0 Å². The second-order valence-electron chi connectivity index (χ2n) is 6.24. The SMILES string of the molecule is Fc1ccc(COC2=NCN3CC4CCCCN4C3=C2)cc1F. The van der Waals surface area contributed by atoms with Crippen molar-refractivity contribution in [2.24, 2.45) is 4.99 Å². The molecule has 122 valence electrons. The van der Waals surface area contributed by atoms with Crippen LogP contribution in [0, 0.1) is 11.6 Å². The van der Waals surface area contributed by atoms with E-state index in [4.69, 9.17) is 4.74 Å². The molecule has 2 saturated heterocycles. The Morgan fingerprint density at radius 3 is 3.00 bits per heavy atom. The first-order chi connectivity index (χ1) is 11.2. The van der Waals surface area contributed by atoms with Gasteiger partial charge in [-0.3, -0.25) is 0 Å². The molecule has 1 aromatic rings. The van der Waals surface area contributed by atoms with Crippen LogP contribution in [0.1, 0.15) is 24.8 Å². The second kappa shape index (κ2) is 5.83. The number of halogens is 2. The number of fused-ring (bicyclic) bond motifs is 3. The van der Waals surface area contributed by atoms with Gasteiger partial charge in [0.1, 0.15) is 19.1 Å². The minimum Gasteiger partial charge on any atom is -0.473 e. The first kappa shape index (κ1) is 14.5. The van der Waals surface area contributed by atoms with Crippen LogP contribution in [-0.4, -0.2) is 41.5 Å². The van der Waals surface area contributed by atoms with Crippen molar-refractivity contribution in [2.75, 3.05) is 19.8 Å². The number of piperidine rings is 1. The van der Waals surface area contributed by atoms with Crippen molar-refractivity contribution in [1.82, 2.24) is 9.80 Å². The van der Waals surface area contributed by atoms with Gasteiger partial charge in [-0.15, -0.1) is 0 Å². The molecular weight excluding hydrogens is 300 g/mol. The molecule has 0 aromatic heterocycles. The summed E-state index contributed by atoms with van der Waals surface area (Å²) in [5, 5.41) is 0. The van der Waals surface area contributed by atoms with Gasteiger partial charge in [-0.2, -0.15) is 0 Å². The fraction of sp³-hybridized carbons (Fsp3) is 0.471. The van der Waals surface area contributed by atoms with Crippen molar-refractivity contribution < 1.29 is 13.5 Å². The average molecular weight is 319 g/mol. The quantitative estimate of drug-likeness (QED) is 0.839. The first-order valence-corrected chi connectivity index (χ1v) is 8.05. The van der Waals surface area contributed by atoms with Gasteiger partial charge in [0.15, 0.2) is 11.6 Å². The van der Waals surface area contributed by atoms with Crippen molar-refractivity contribution in [3.05, 3.63) is 47.3 Å². The van der Waals surface area contributed by atoms with E-state index in [0.29, 0.717) is 24.2 Å². The maximum atomic E-state index is 13.2. The highest BCUT2D eigenvalue weighted by Crippen LogP contribution is 2.32. The highest BCUT2D eigenvalue weighted by atomic mass is 19.2. The van der Waals surface area contributed by atoms with E-state index in [1.54, 1.807) is 0 Å². The van der Waals surface area contributed by atoms with Gasteiger partial charge in [-0.05, 0) is 37.0 Å². The van der Waals surface area contributed by atoms with Gasteiger partial charge in [-0.25, -0.2) is 13.8 Å². The van der Waals surface area contributed by atoms with Gasteiger partial charge in [-0.1, -0.05) is 6.07 Å². The molecule has 0 amide bonds. The summed E-state index contributed by atoms with van der Waals surface area (Å²) >= 11 is 0. The molecule has 23 heavy (non-hydrogen) atoms. The van der Waals surface area contributed by atoms with Crippen LogP contribution in [0.25, 0.3) is 0 Å². The van der Waals surface area contributed by atoms with Crippen molar-refractivity contribution in [2.45, 2.75) is 31.9 Å². The average Bonchev–Trinajstić information content (AvgIpc) is 2.94. The molecule has 0 radical (unpaired) electrons. The third-order valence-electron chi connectivity index (χ3n) is 4.70. The molecule has 0 aliphatic carbocycles. The van der Waals surface area contributed by atoms with Crippen molar-refractivity contribution in [3.63, 3.8) is 0 Å². The van der Waals surface area contributed by atoms with Gasteiger partial charge in [0, 0.05) is 25.2 Å². The van der Waals surface area contributed by atoms with E-state index in [0.717, 1.165) is 25.2 Å². The summed E-state index contributed by atoms with van der Waals surface area (Å²) in [6.45, 7) is 2.91. The van der Waals surface area contributed by atoms with Gasteiger partial charge in [0.05, 0.1) is 0 Å². The molecule has 2 fully saturated rings. The van der Waals surface area contributed by atoms with E-state index < -0.39 is 11.6 Å². The van der Waals surface area contributed by atoms with Crippen LogP contribution in [-0.2, 0) is 11.3 Å². The first-order valence-electron chi connectivity index (χ1n) is 8.05. The minimum absolute atomic E-state index is 0.184. The van der Waals surface area contributed by atoms with Gasteiger partial charge in [0.2, 0.25) is 5.90 Å². The monoisotopic (exact) mass is 319 g/mol. The third-order valence-corrected chi connectivity index (χ3v) is 4.70. The van der Waals surface area contributed by atoms with Crippen molar-refractivity contribution in [1.29, 1.82) is 0 Å². The Balaban J connectivity index is 1.44. The number of aliphatic imine (C=N–C) groups is 1. The number of rotatable bonds is 2. The predicted octanol–water partition coefficient (Wildman–Crippen LogP) is 2.86. The zero-order chi connectivity index (χ0) is 15.8. The number of ether oxygens (including phenoxy) is 1. The molecule has 1 aromatic carbocycles. The largest absolute Gasteiger partial charge is 0.473 e. The summed E-state index contributed by atoms with van der Waals surface area (Å²) in [7, 11) is 0. The van der Waals surface area contributed by atoms with Crippen LogP contribution in [0.4, 0.5) is 8.78 Å². The summed E-state index contributed by atoms with van der Waals surface area (Å²) < 4.78 is 31.8. The molecule has 4 rings (SSSR count). The van der Waals surface area contributed by atoms with E-state index in [-0.39, 0.29) is 6.61 Å². The summed E-state index contributed by atoms with van der Waals surface area (Å²) in [6, 6.07) is 4.40. The lowest BCUT2D eigenvalue weighted by atomic mass is 10.0. The Morgan fingerprint density at radius 1 is 1.22 bits per heavy atom. The van der Waals surface area contributed by atoms with Gasteiger partial charge >= 0.3 is 0 Å². The molecule has 1 unspecified atom stereocenters. The molecule has 6 heteroatoms. The molecule has 3 aliphatic heterocycles. The van der Waals surface area contributed by atoms with E-state index in [9.17, 15) is 8.78 Å². The fourth-order valence-electron chi connectivity index (χ4n) is 3.51. The Hall–Kier alpha value is -2.11. The number of benzene rings is 1. The lowest BCUT2D eigenvalue weighted by Gasteiger charge is -2.32. The van der Waals surface area contributed by atoms with Crippen LogP contribution in [0.15, 0.2) is 35.1 Å². The van der Waals surface area contributed by atoms with Gasteiger partial charge < -0.3 is 14.5 Å². The van der Waals surface area contributed by atoms with Crippen LogP contribution >= 0.6 is 0 Å². The zero-order valence-corrected chi connectivity index (χ0v) is 12.8. The number of nitrogens with zero attached hydrogens (tertiary/aromatic N) is 3. The van der Waals surface area contributed by atoms with E-state index in [1.165, 1.54) is 31.1 Å². The molecule has 0 saturated carbocycles. The zero-order valence-electron chi connectivity index (χ0n) is 12.8. The number of hydrogen-bond acceptors (Lipinski definition) is 4. The van der Waals surface area contributed by atoms with E-state index in [2.05, 4.69) is 14.8 Å². The van der Waals surface area contributed by atoms with E-state index >= 15 is 0 Å². The smallest absolute Gasteiger partial charge is 0.214 e. The maximum absolute atomic E-state index is 13.2. The van der Waals surface area contributed by atoms with Crippen LogP contribution in [0.3, 0.4) is 0 Å². The molecule has 3 heterocycles. The Bertz CT molecular complexity index is 674. The molecular formula is C17H19F2N3O. The standard InChI is InChI=1S/C17H19F2N3O/c18-14-5-4-12(7-15(14)19)10-23-16-8-17-21(11-20-16)9-13-3-1-2-6-22(13)17/h4-5,7-8,13H,1-3,6,9-11H2. The lowest BCUT2D eigenvalue weighted by molar-refractivity contribution is 0.232. The lowest BCUT2D eigenvalue weighted by Crippen LogP contribution is -2.35.